The van der Waals surface area contributed by atoms with Gasteiger partial charge in [0.1, 0.15) is 12.6 Å². The zero-order valence-electron chi connectivity index (χ0n) is 19.9. The third kappa shape index (κ3) is 5.50. The molecule has 33 heavy (non-hydrogen) atoms. The average molecular weight is 481 g/mol. The Balaban J connectivity index is 1.90. The lowest BCUT2D eigenvalue weighted by molar-refractivity contribution is -0.125. The molecule has 0 unspecified atom stereocenters. The summed E-state index contributed by atoms with van der Waals surface area (Å²) in [6.45, 7) is 8.47. The predicted octanol–water partition coefficient (Wildman–Crippen LogP) is 1.97. The first-order chi connectivity index (χ1) is 15.8. The first-order valence-corrected chi connectivity index (χ1v) is 13.4. The summed E-state index contributed by atoms with van der Waals surface area (Å²) < 4.78 is 32.9. The smallest absolute Gasteiger partial charge is 0.250 e. The number of anilines is 2. The van der Waals surface area contributed by atoms with Crippen LogP contribution in [0.1, 0.15) is 46.5 Å². The van der Waals surface area contributed by atoms with Gasteiger partial charge in [0.25, 0.3) is 0 Å². The molecule has 0 bridgehead atoms. The van der Waals surface area contributed by atoms with Crippen molar-refractivity contribution in [2.24, 2.45) is 0 Å². The van der Waals surface area contributed by atoms with E-state index in [2.05, 4.69) is 10.2 Å². The zero-order valence-corrected chi connectivity index (χ0v) is 20.7. The molecule has 0 saturated carbocycles. The molecule has 2 heterocycles. The summed E-state index contributed by atoms with van der Waals surface area (Å²) >= 11 is 0. The predicted molar refractivity (Wildman–Crippen MR) is 128 cm³/mol. The van der Waals surface area contributed by atoms with Crippen molar-refractivity contribution in [1.29, 1.82) is 0 Å². The van der Waals surface area contributed by atoms with Crippen molar-refractivity contribution in [2.75, 3.05) is 55.7 Å². The van der Waals surface area contributed by atoms with E-state index in [4.69, 9.17) is 4.74 Å². The number of carbonyl (C=O) groups excluding carboxylic acids is 2. The number of fused-ring (bicyclic) bond motifs is 3. The van der Waals surface area contributed by atoms with Crippen molar-refractivity contribution >= 4 is 33.2 Å². The molecule has 184 valence electrons. The normalized spacial score (nSPS) is 18.3. The highest BCUT2D eigenvalue weighted by Gasteiger charge is 2.40. The highest BCUT2D eigenvalue weighted by atomic mass is 32.2. The number of sulfonamides is 1. The van der Waals surface area contributed by atoms with Gasteiger partial charge in [-0.3, -0.25) is 14.5 Å². The van der Waals surface area contributed by atoms with E-state index in [1.54, 1.807) is 32.0 Å². The Morgan fingerprint density at radius 3 is 2.64 bits per heavy atom. The van der Waals surface area contributed by atoms with E-state index in [-0.39, 0.29) is 29.3 Å². The molecule has 2 aliphatic heterocycles. The highest BCUT2D eigenvalue weighted by Crippen LogP contribution is 2.40. The van der Waals surface area contributed by atoms with Crippen molar-refractivity contribution in [3.63, 3.8) is 0 Å². The minimum Gasteiger partial charge on any atom is -0.382 e. The fraction of sp³-hybridized carbons (Fsp3) is 0.652. The van der Waals surface area contributed by atoms with Crippen molar-refractivity contribution in [3.05, 3.63) is 18.2 Å². The molecule has 1 atom stereocenters. The van der Waals surface area contributed by atoms with Gasteiger partial charge in [-0.25, -0.2) is 8.42 Å². The van der Waals surface area contributed by atoms with Gasteiger partial charge in [0.2, 0.25) is 21.8 Å². The van der Waals surface area contributed by atoms with Crippen LogP contribution in [0.4, 0.5) is 11.4 Å². The average Bonchev–Trinajstić information content (AvgIpc) is 2.82. The minimum absolute atomic E-state index is 0.135. The topological polar surface area (TPSA) is 99.3 Å². The summed E-state index contributed by atoms with van der Waals surface area (Å²) in [5.41, 5.74) is 1.29. The SMILES string of the molecule is CCOCCCNC(=O)CN1C(=O)[C@H]2CCCCN2c2ccc(S(=O)(=O)N(CC)CC)cc21. The van der Waals surface area contributed by atoms with Crippen LogP contribution in [0.5, 0.6) is 0 Å². The van der Waals surface area contributed by atoms with E-state index in [0.717, 1.165) is 31.5 Å². The summed E-state index contributed by atoms with van der Waals surface area (Å²) in [5, 5.41) is 2.84. The third-order valence-corrected chi connectivity index (χ3v) is 8.28. The van der Waals surface area contributed by atoms with E-state index in [1.165, 1.54) is 9.21 Å². The fourth-order valence-electron chi connectivity index (χ4n) is 4.52. The first kappa shape index (κ1) is 25.5. The van der Waals surface area contributed by atoms with Gasteiger partial charge in [-0.05, 0) is 50.8 Å². The number of ether oxygens (including phenoxy) is 1. The maximum atomic E-state index is 13.4. The van der Waals surface area contributed by atoms with Crippen LogP contribution in [0, 0.1) is 0 Å². The highest BCUT2D eigenvalue weighted by molar-refractivity contribution is 7.89. The van der Waals surface area contributed by atoms with Gasteiger partial charge in [0, 0.05) is 39.4 Å². The molecule has 1 aromatic rings. The van der Waals surface area contributed by atoms with E-state index in [1.807, 2.05) is 6.92 Å². The molecule has 2 amide bonds. The molecular formula is C23H36N4O5S. The molecule has 1 fully saturated rings. The molecule has 10 heteroatoms. The second-order valence-electron chi connectivity index (χ2n) is 8.27. The summed E-state index contributed by atoms with van der Waals surface area (Å²) in [7, 11) is -3.69. The maximum absolute atomic E-state index is 13.4. The molecule has 0 radical (unpaired) electrons. The van der Waals surface area contributed by atoms with Gasteiger partial charge < -0.3 is 15.0 Å². The Morgan fingerprint density at radius 2 is 1.94 bits per heavy atom. The lowest BCUT2D eigenvalue weighted by Crippen LogP contribution is -2.57. The monoisotopic (exact) mass is 480 g/mol. The van der Waals surface area contributed by atoms with Crippen molar-refractivity contribution < 1.29 is 22.7 Å². The molecule has 0 aromatic heterocycles. The Morgan fingerprint density at radius 1 is 1.18 bits per heavy atom. The number of benzene rings is 1. The van der Waals surface area contributed by atoms with Gasteiger partial charge in [-0.2, -0.15) is 4.31 Å². The van der Waals surface area contributed by atoms with Gasteiger partial charge in [-0.15, -0.1) is 0 Å². The summed E-state index contributed by atoms with van der Waals surface area (Å²) in [5.74, 6) is -0.420. The lowest BCUT2D eigenvalue weighted by atomic mass is 9.96. The van der Waals surface area contributed by atoms with Crippen LogP contribution in [0.15, 0.2) is 23.1 Å². The van der Waals surface area contributed by atoms with E-state index >= 15 is 0 Å². The zero-order chi connectivity index (χ0) is 24.0. The second-order valence-corrected chi connectivity index (χ2v) is 10.2. The van der Waals surface area contributed by atoms with Crippen LogP contribution < -0.4 is 15.1 Å². The van der Waals surface area contributed by atoms with Crippen molar-refractivity contribution in [1.82, 2.24) is 9.62 Å². The van der Waals surface area contributed by atoms with E-state index in [0.29, 0.717) is 45.0 Å². The number of amides is 2. The van der Waals surface area contributed by atoms with Gasteiger partial charge in [0.05, 0.1) is 16.3 Å². The molecule has 2 aliphatic rings. The molecule has 9 nitrogen and oxygen atoms in total. The first-order valence-electron chi connectivity index (χ1n) is 11.9. The molecule has 0 spiro atoms. The Bertz CT molecular complexity index is 948. The Labute approximate surface area is 197 Å². The number of rotatable bonds is 11. The quantitative estimate of drug-likeness (QED) is 0.486. The van der Waals surface area contributed by atoms with E-state index in [9.17, 15) is 18.0 Å². The minimum atomic E-state index is -3.69. The van der Waals surface area contributed by atoms with Gasteiger partial charge in [0.15, 0.2) is 0 Å². The number of hydrogen-bond donors (Lipinski definition) is 1. The number of piperidine rings is 1. The molecular weight excluding hydrogens is 444 g/mol. The molecule has 1 aromatic carbocycles. The summed E-state index contributed by atoms with van der Waals surface area (Å²) in [4.78, 5) is 29.7. The van der Waals surface area contributed by atoms with Crippen LogP contribution in [-0.2, 0) is 24.3 Å². The molecule has 0 aliphatic carbocycles. The molecule has 1 saturated heterocycles. The van der Waals surface area contributed by atoms with E-state index < -0.39 is 10.0 Å². The van der Waals surface area contributed by atoms with Crippen LogP contribution in [-0.4, -0.2) is 76.5 Å². The fourth-order valence-corrected chi connectivity index (χ4v) is 6.00. The number of nitrogens with one attached hydrogen (secondary N) is 1. The Hall–Kier alpha value is -2.17. The number of hydrogen-bond acceptors (Lipinski definition) is 6. The third-order valence-electron chi connectivity index (χ3n) is 6.24. The van der Waals surface area contributed by atoms with Gasteiger partial charge in [-0.1, -0.05) is 13.8 Å². The van der Waals surface area contributed by atoms with Crippen LogP contribution >= 0.6 is 0 Å². The summed E-state index contributed by atoms with van der Waals surface area (Å²) in [6, 6.07) is 4.62. The van der Waals surface area contributed by atoms with Gasteiger partial charge >= 0.3 is 0 Å². The number of carbonyl (C=O) groups is 2. The number of nitrogens with zero attached hydrogens (tertiary/aromatic N) is 3. The lowest BCUT2D eigenvalue weighted by Gasteiger charge is -2.45. The molecule has 1 N–H and O–H groups in total. The standard InChI is InChI=1S/C23H36N4O5S/c1-4-25(5-2)33(30,31)18-11-12-19-21(16-18)27(17-22(28)24-13-9-15-32-6-3)23(29)20-10-7-8-14-26(19)20/h11-12,16,20H,4-10,13-15,17H2,1-3H3,(H,24,28)/t20-/m1/s1. The van der Waals surface area contributed by atoms with Crippen molar-refractivity contribution in [2.45, 2.75) is 57.4 Å². The van der Waals surface area contributed by atoms with Crippen LogP contribution in [0.2, 0.25) is 0 Å². The largest absolute Gasteiger partial charge is 0.382 e. The summed E-state index contributed by atoms with van der Waals surface area (Å²) in [6.07, 6.45) is 3.34. The van der Waals surface area contributed by atoms with Crippen molar-refractivity contribution in [3.8, 4) is 0 Å². The molecule has 3 rings (SSSR count). The van der Waals surface area contributed by atoms with Crippen LogP contribution in [0.25, 0.3) is 0 Å². The Kier molecular flexibility index (Phi) is 8.72. The maximum Gasteiger partial charge on any atom is 0.250 e. The second kappa shape index (κ2) is 11.3. The van der Waals surface area contributed by atoms with Crippen LogP contribution in [0.3, 0.4) is 0 Å².